The molecule has 2 fully saturated rings. The van der Waals surface area contributed by atoms with Crippen LogP contribution in [0.15, 0.2) is 33.9 Å². The van der Waals surface area contributed by atoms with Crippen LogP contribution in [0.5, 0.6) is 0 Å². The third-order valence-corrected chi connectivity index (χ3v) is 8.63. The van der Waals surface area contributed by atoms with Crippen LogP contribution in [0.3, 0.4) is 0 Å². The van der Waals surface area contributed by atoms with Crippen molar-refractivity contribution in [3.05, 3.63) is 29.7 Å². The molecule has 1 aromatic rings. The van der Waals surface area contributed by atoms with E-state index in [0.717, 1.165) is 0 Å². The van der Waals surface area contributed by atoms with Gasteiger partial charge in [0.05, 0.1) is 18.5 Å². The molecule has 0 radical (unpaired) electrons. The first kappa shape index (κ1) is 17.8. The predicted octanol–water partition coefficient (Wildman–Crippen LogP) is 0.963. The van der Waals surface area contributed by atoms with E-state index >= 15 is 0 Å². The third kappa shape index (κ3) is 3.02. The molecule has 0 N–H and O–H groups in total. The number of fused-ring (bicyclic) bond motifs is 1. The van der Waals surface area contributed by atoms with Crippen molar-refractivity contribution >= 4 is 33.2 Å². The minimum Gasteiger partial charge on any atom is -0.283 e. The number of imide groups is 1. The largest absolute Gasteiger partial charge is 0.283 e. The van der Waals surface area contributed by atoms with E-state index in [1.807, 2.05) is 17.1 Å². The fraction of sp³-hybridized carbons (Fsp3) is 0.529. The number of sulfonamides is 1. The Morgan fingerprint density at radius 2 is 1.62 bits per heavy atom. The van der Waals surface area contributed by atoms with E-state index in [4.69, 9.17) is 0 Å². The first-order valence-electron chi connectivity index (χ1n) is 8.75. The van der Waals surface area contributed by atoms with Gasteiger partial charge in [-0.15, -0.1) is 11.3 Å². The normalized spacial score (nSPS) is 27.9. The lowest BCUT2D eigenvalue weighted by atomic mass is 9.85. The van der Waals surface area contributed by atoms with Gasteiger partial charge in [-0.05, 0) is 24.3 Å². The van der Waals surface area contributed by atoms with Crippen molar-refractivity contribution < 1.29 is 18.0 Å². The first-order chi connectivity index (χ1) is 12.5. The van der Waals surface area contributed by atoms with E-state index in [2.05, 4.69) is 0 Å². The van der Waals surface area contributed by atoms with E-state index in [1.165, 1.54) is 20.5 Å². The number of rotatable bonds is 4. The molecule has 2 atom stereocenters. The molecule has 0 saturated carbocycles. The van der Waals surface area contributed by atoms with Crippen molar-refractivity contribution in [2.45, 2.75) is 17.1 Å². The average Bonchev–Trinajstić information content (AvgIpc) is 3.27. The zero-order valence-corrected chi connectivity index (χ0v) is 15.9. The zero-order chi connectivity index (χ0) is 18.3. The number of nitrogens with zero attached hydrogens (tertiary/aromatic N) is 3. The van der Waals surface area contributed by atoms with Gasteiger partial charge in [0.1, 0.15) is 4.21 Å². The molecule has 2 saturated heterocycles. The van der Waals surface area contributed by atoms with Crippen molar-refractivity contribution in [3.8, 4) is 0 Å². The van der Waals surface area contributed by atoms with Crippen LogP contribution in [0, 0.1) is 11.8 Å². The van der Waals surface area contributed by atoms with Gasteiger partial charge in [-0.25, -0.2) is 8.42 Å². The highest BCUT2D eigenvalue weighted by Crippen LogP contribution is 2.35. The summed E-state index contributed by atoms with van der Waals surface area (Å²) in [6.45, 7) is 2.01. The van der Waals surface area contributed by atoms with Crippen LogP contribution >= 0.6 is 11.3 Å². The summed E-state index contributed by atoms with van der Waals surface area (Å²) in [4.78, 5) is 28.4. The molecule has 140 valence electrons. The smallest absolute Gasteiger partial charge is 0.252 e. The van der Waals surface area contributed by atoms with E-state index < -0.39 is 10.0 Å². The summed E-state index contributed by atoms with van der Waals surface area (Å²) in [5, 5.41) is 1.75. The molecule has 1 aromatic heterocycles. The van der Waals surface area contributed by atoms with Crippen LogP contribution in [0.25, 0.3) is 0 Å². The Morgan fingerprint density at radius 3 is 2.15 bits per heavy atom. The highest BCUT2D eigenvalue weighted by Gasteiger charge is 2.47. The molecule has 1 aliphatic carbocycles. The van der Waals surface area contributed by atoms with Crippen molar-refractivity contribution in [1.29, 1.82) is 0 Å². The van der Waals surface area contributed by atoms with Crippen molar-refractivity contribution in [1.82, 2.24) is 14.1 Å². The Hall–Kier alpha value is -1.55. The molecule has 0 aromatic carbocycles. The lowest BCUT2D eigenvalue weighted by Crippen LogP contribution is -2.52. The summed E-state index contributed by atoms with van der Waals surface area (Å²) in [5.41, 5.74) is 0. The van der Waals surface area contributed by atoms with E-state index in [9.17, 15) is 18.0 Å². The monoisotopic (exact) mass is 395 g/mol. The molecule has 26 heavy (non-hydrogen) atoms. The minimum atomic E-state index is -3.44. The fourth-order valence-corrected chi connectivity index (χ4v) is 6.42. The Bertz CT molecular complexity index is 800. The van der Waals surface area contributed by atoms with Gasteiger partial charge in [-0.1, -0.05) is 18.2 Å². The van der Waals surface area contributed by atoms with E-state index in [0.29, 0.717) is 43.2 Å². The maximum Gasteiger partial charge on any atom is 0.252 e. The second-order valence-corrected chi connectivity index (χ2v) is 9.97. The lowest BCUT2D eigenvalue weighted by Gasteiger charge is -2.35. The third-order valence-electron chi connectivity index (χ3n) is 5.36. The van der Waals surface area contributed by atoms with Gasteiger partial charge in [0, 0.05) is 26.2 Å². The van der Waals surface area contributed by atoms with Gasteiger partial charge in [0.15, 0.2) is 0 Å². The van der Waals surface area contributed by atoms with Crippen LogP contribution < -0.4 is 0 Å². The number of carbonyl (C=O) groups excluding carboxylic acids is 2. The summed E-state index contributed by atoms with van der Waals surface area (Å²) in [6.07, 6.45) is 5.23. The average molecular weight is 396 g/mol. The minimum absolute atomic E-state index is 0.0852. The Kier molecular flexibility index (Phi) is 4.72. The molecule has 3 aliphatic rings. The van der Waals surface area contributed by atoms with Crippen molar-refractivity contribution in [2.24, 2.45) is 11.8 Å². The van der Waals surface area contributed by atoms with Gasteiger partial charge >= 0.3 is 0 Å². The zero-order valence-electron chi connectivity index (χ0n) is 14.3. The highest BCUT2D eigenvalue weighted by molar-refractivity contribution is 7.91. The molecular weight excluding hydrogens is 374 g/mol. The quantitative estimate of drug-likeness (QED) is 0.561. The van der Waals surface area contributed by atoms with Gasteiger partial charge in [-0.3, -0.25) is 19.4 Å². The summed E-state index contributed by atoms with van der Waals surface area (Å²) in [6, 6.07) is 3.34. The lowest BCUT2D eigenvalue weighted by molar-refractivity contribution is -0.142. The molecule has 0 spiro atoms. The predicted molar refractivity (Wildman–Crippen MR) is 96.7 cm³/mol. The van der Waals surface area contributed by atoms with Gasteiger partial charge < -0.3 is 0 Å². The van der Waals surface area contributed by atoms with Gasteiger partial charge in [0.2, 0.25) is 11.8 Å². The molecule has 2 aliphatic heterocycles. The SMILES string of the molecule is O=C1[C@H]2CC=CC[C@H]2C(=O)N1CN1CCN(S(=O)(=O)c2cccs2)CC1. The van der Waals surface area contributed by atoms with Crippen LogP contribution in [-0.4, -0.2) is 67.2 Å². The summed E-state index contributed by atoms with van der Waals surface area (Å²) in [7, 11) is -3.44. The topological polar surface area (TPSA) is 78.0 Å². The standard InChI is InChI=1S/C17H21N3O4S2/c21-16-13-4-1-2-5-14(13)17(22)20(16)12-18-7-9-19(10-8-18)26(23,24)15-6-3-11-25-15/h1-3,6,11,13-14H,4-5,7-10,12H2/t13-,14+. The maximum atomic E-state index is 12.6. The number of piperazine rings is 1. The van der Waals surface area contributed by atoms with E-state index in [-0.39, 0.29) is 30.3 Å². The number of allylic oxidation sites excluding steroid dienone is 2. The van der Waals surface area contributed by atoms with Crippen LogP contribution in [-0.2, 0) is 19.6 Å². The number of hydrogen-bond donors (Lipinski definition) is 0. The van der Waals surface area contributed by atoms with E-state index in [1.54, 1.807) is 17.5 Å². The summed E-state index contributed by atoms with van der Waals surface area (Å²) in [5.74, 6) is -0.600. The van der Waals surface area contributed by atoms with Crippen LogP contribution in [0.1, 0.15) is 12.8 Å². The molecule has 3 heterocycles. The van der Waals surface area contributed by atoms with Crippen LogP contribution in [0.4, 0.5) is 0 Å². The number of thiophene rings is 1. The number of carbonyl (C=O) groups is 2. The Balaban J connectivity index is 1.37. The Morgan fingerprint density at radius 1 is 1.00 bits per heavy atom. The number of hydrogen-bond acceptors (Lipinski definition) is 6. The van der Waals surface area contributed by atoms with Crippen LogP contribution in [0.2, 0.25) is 0 Å². The molecule has 0 bridgehead atoms. The molecule has 2 amide bonds. The molecule has 4 rings (SSSR count). The number of likely N-dealkylation sites (tertiary alicyclic amines) is 1. The Labute approximate surface area is 156 Å². The summed E-state index contributed by atoms with van der Waals surface area (Å²) >= 11 is 1.22. The molecule has 7 nitrogen and oxygen atoms in total. The van der Waals surface area contributed by atoms with Gasteiger partial charge in [0.25, 0.3) is 10.0 Å². The molecule has 0 unspecified atom stereocenters. The van der Waals surface area contributed by atoms with Crippen molar-refractivity contribution in [2.75, 3.05) is 32.8 Å². The first-order valence-corrected chi connectivity index (χ1v) is 11.1. The second kappa shape index (κ2) is 6.88. The fourth-order valence-electron chi connectivity index (χ4n) is 3.86. The van der Waals surface area contributed by atoms with Crippen molar-refractivity contribution in [3.63, 3.8) is 0 Å². The molecular formula is C17H21N3O4S2. The molecule has 9 heteroatoms. The highest BCUT2D eigenvalue weighted by atomic mass is 32.2. The van der Waals surface area contributed by atoms with Gasteiger partial charge in [-0.2, -0.15) is 4.31 Å². The number of amides is 2. The maximum absolute atomic E-state index is 12.6. The summed E-state index contributed by atoms with van der Waals surface area (Å²) < 4.78 is 27.0. The second-order valence-electron chi connectivity index (χ2n) is 6.86.